The highest BCUT2D eigenvalue weighted by Gasteiger charge is 2.21. The number of nitrogens with zero attached hydrogens (tertiary/aromatic N) is 1. The predicted molar refractivity (Wildman–Crippen MR) is 89.5 cm³/mol. The first kappa shape index (κ1) is 15.2. The molecule has 0 spiro atoms. The van der Waals surface area contributed by atoms with Crippen LogP contribution in [-0.4, -0.2) is 29.2 Å². The largest absolute Gasteiger partial charge is 0.392 e. The van der Waals surface area contributed by atoms with Crippen LogP contribution in [0.1, 0.15) is 25.3 Å². The predicted octanol–water partition coefficient (Wildman–Crippen LogP) is 2.03. The Kier molecular flexibility index (Phi) is 4.87. The molecule has 5 heteroatoms. The van der Waals surface area contributed by atoms with Crippen LogP contribution in [0.3, 0.4) is 0 Å². The molecule has 1 aromatic carbocycles. The van der Waals surface area contributed by atoms with Gasteiger partial charge in [-0.05, 0) is 37.8 Å². The Labute approximate surface area is 131 Å². The lowest BCUT2D eigenvalue weighted by Gasteiger charge is -2.15. The van der Waals surface area contributed by atoms with E-state index in [2.05, 4.69) is 28.1 Å². The van der Waals surface area contributed by atoms with E-state index in [1.165, 1.54) is 6.42 Å². The van der Waals surface area contributed by atoms with Crippen LogP contribution >= 0.6 is 0 Å². The van der Waals surface area contributed by atoms with E-state index in [1.54, 1.807) is 0 Å². The van der Waals surface area contributed by atoms with Crippen LogP contribution in [0.4, 0.5) is 5.82 Å². The van der Waals surface area contributed by atoms with E-state index < -0.39 is 0 Å². The maximum Gasteiger partial charge on any atom is 0.132 e. The summed E-state index contributed by atoms with van der Waals surface area (Å²) in [4.78, 5) is 4.63. The second-order valence-electron chi connectivity index (χ2n) is 5.99. The zero-order valence-corrected chi connectivity index (χ0v) is 13.0. The van der Waals surface area contributed by atoms with Crippen molar-refractivity contribution in [1.29, 1.82) is 0 Å². The summed E-state index contributed by atoms with van der Waals surface area (Å²) in [5, 5.41) is 14.0. The summed E-state index contributed by atoms with van der Waals surface area (Å²) in [6.07, 6.45) is 2.27. The van der Waals surface area contributed by atoms with Gasteiger partial charge in [-0.3, -0.25) is 10.9 Å². The number of hydrogen-bond acceptors (Lipinski definition) is 5. The zero-order valence-electron chi connectivity index (χ0n) is 13.0. The molecule has 1 saturated heterocycles. The van der Waals surface area contributed by atoms with Gasteiger partial charge in [-0.15, -0.1) is 0 Å². The first-order chi connectivity index (χ1) is 10.8. The van der Waals surface area contributed by atoms with E-state index in [0.717, 1.165) is 41.8 Å². The van der Waals surface area contributed by atoms with Crippen molar-refractivity contribution >= 4 is 16.7 Å². The topological polar surface area (TPSA) is 69.2 Å². The van der Waals surface area contributed by atoms with Gasteiger partial charge >= 0.3 is 0 Å². The van der Waals surface area contributed by atoms with Crippen LogP contribution in [0.25, 0.3) is 10.9 Å². The van der Waals surface area contributed by atoms with Crippen molar-refractivity contribution in [3.05, 3.63) is 35.9 Å². The van der Waals surface area contributed by atoms with Crippen LogP contribution < -0.4 is 16.2 Å². The third kappa shape index (κ3) is 3.38. The first-order valence-electron chi connectivity index (χ1n) is 7.99. The van der Waals surface area contributed by atoms with Gasteiger partial charge in [-0.2, -0.15) is 0 Å². The van der Waals surface area contributed by atoms with Crippen molar-refractivity contribution in [2.75, 3.05) is 18.4 Å². The summed E-state index contributed by atoms with van der Waals surface area (Å²) in [6.45, 7) is 4.14. The summed E-state index contributed by atoms with van der Waals surface area (Å²) in [7, 11) is 0. The molecule has 4 N–H and O–H groups in total. The summed E-state index contributed by atoms with van der Waals surface area (Å²) in [6, 6.07) is 10.5. The number of hydrazine groups is 1. The standard InChI is InChI=1S/C17H24N4O/c1-12-14(10-19-21-12)6-4-8-18-17-15(11-22)9-13-5-2-3-7-16(13)20-17/h2-3,5,7,9,12,14,19,21-22H,4,6,8,10-11H2,1H3,(H,18,20). The number of benzene rings is 1. The van der Waals surface area contributed by atoms with Crippen LogP contribution in [0.2, 0.25) is 0 Å². The number of aliphatic hydroxyl groups is 1. The van der Waals surface area contributed by atoms with E-state index in [4.69, 9.17) is 0 Å². The van der Waals surface area contributed by atoms with Crippen molar-refractivity contribution in [2.24, 2.45) is 5.92 Å². The van der Waals surface area contributed by atoms with Gasteiger partial charge in [-0.1, -0.05) is 18.2 Å². The molecule has 22 heavy (non-hydrogen) atoms. The molecular weight excluding hydrogens is 276 g/mol. The Morgan fingerprint density at radius 1 is 1.36 bits per heavy atom. The third-order valence-corrected chi connectivity index (χ3v) is 4.42. The average molecular weight is 300 g/mol. The maximum atomic E-state index is 9.55. The highest BCUT2D eigenvalue weighted by atomic mass is 16.3. The van der Waals surface area contributed by atoms with Crippen molar-refractivity contribution in [3.8, 4) is 0 Å². The summed E-state index contributed by atoms with van der Waals surface area (Å²) in [5.41, 5.74) is 8.27. The summed E-state index contributed by atoms with van der Waals surface area (Å²) < 4.78 is 0. The minimum absolute atomic E-state index is 0.00761. The fourth-order valence-electron chi connectivity index (χ4n) is 3.00. The molecule has 0 amide bonds. The Morgan fingerprint density at radius 3 is 3.00 bits per heavy atom. The van der Waals surface area contributed by atoms with Gasteiger partial charge in [0, 0.05) is 30.1 Å². The molecule has 0 saturated carbocycles. The van der Waals surface area contributed by atoms with Crippen LogP contribution in [0.5, 0.6) is 0 Å². The molecule has 0 radical (unpaired) electrons. The molecule has 2 atom stereocenters. The Hall–Kier alpha value is -1.69. The van der Waals surface area contributed by atoms with E-state index in [0.29, 0.717) is 12.0 Å². The fourth-order valence-corrected chi connectivity index (χ4v) is 3.00. The summed E-state index contributed by atoms with van der Waals surface area (Å²) in [5.74, 6) is 1.49. The maximum absolute atomic E-state index is 9.55. The molecule has 2 heterocycles. The Balaban J connectivity index is 1.60. The number of fused-ring (bicyclic) bond motifs is 1. The molecule has 2 unspecified atom stereocenters. The number of para-hydroxylation sites is 1. The molecule has 0 aliphatic carbocycles. The van der Waals surface area contributed by atoms with Crippen LogP contribution in [0.15, 0.2) is 30.3 Å². The number of aromatic nitrogens is 1. The van der Waals surface area contributed by atoms with Crippen molar-refractivity contribution in [2.45, 2.75) is 32.4 Å². The molecule has 1 fully saturated rings. The molecule has 2 aromatic rings. The van der Waals surface area contributed by atoms with Gasteiger partial charge in [0.25, 0.3) is 0 Å². The normalized spacial score (nSPS) is 21.4. The second-order valence-corrected chi connectivity index (χ2v) is 5.99. The summed E-state index contributed by atoms with van der Waals surface area (Å²) >= 11 is 0. The molecule has 1 aromatic heterocycles. The zero-order chi connectivity index (χ0) is 15.4. The monoisotopic (exact) mass is 300 g/mol. The molecule has 118 valence electrons. The first-order valence-corrected chi connectivity index (χ1v) is 7.99. The highest BCUT2D eigenvalue weighted by molar-refractivity contribution is 5.81. The quantitative estimate of drug-likeness (QED) is 0.615. The SMILES string of the molecule is CC1NNCC1CCCNc1nc2ccccc2cc1CO. The lowest BCUT2D eigenvalue weighted by Crippen LogP contribution is -2.28. The molecular formula is C17H24N4O. The van der Waals surface area contributed by atoms with E-state index in [9.17, 15) is 5.11 Å². The second kappa shape index (κ2) is 7.05. The van der Waals surface area contributed by atoms with E-state index in [-0.39, 0.29) is 6.61 Å². The number of anilines is 1. The van der Waals surface area contributed by atoms with Gasteiger partial charge in [0.2, 0.25) is 0 Å². The minimum Gasteiger partial charge on any atom is -0.392 e. The van der Waals surface area contributed by atoms with Crippen molar-refractivity contribution < 1.29 is 5.11 Å². The smallest absolute Gasteiger partial charge is 0.132 e. The Morgan fingerprint density at radius 2 is 2.23 bits per heavy atom. The highest BCUT2D eigenvalue weighted by Crippen LogP contribution is 2.21. The van der Waals surface area contributed by atoms with Crippen LogP contribution in [0, 0.1) is 5.92 Å². The number of nitrogens with one attached hydrogen (secondary N) is 3. The lowest BCUT2D eigenvalue weighted by atomic mass is 9.98. The van der Waals surface area contributed by atoms with Crippen molar-refractivity contribution in [1.82, 2.24) is 15.8 Å². The van der Waals surface area contributed by atoms with Crippen LogP contribution in [-0.2, 0) is 6.61 Å². The van der Waals surface area contributed by atoms with E-state index >= 15 is 0 Å². The van der Waals surface area contributed by atoms with Gasteiger partial charge in [-0.25, -0.2) is 4.98 Å². The minimum atomic E-state index is 0.00761. The van der Waals surface area contributed by atoms with Gasteiger partial charge < -0.3 is 10.4 Å². The molecule has 1 aliphatic rings. The number of aliphatic hydroxyl groups excluding tert-OH is 1. The molecule has 5 nitrogen and oxygen atoms in total. The average Bonchev–Trinajstić information content (AvgIpc) is 2.96. The Bertz CT molecular complexity index is 631. The van der Waals surface area contributed by atoms with Gasteiger partial charge in [0.1, 0.15) is 5.82 Å². The molecule has 3 rings (SSSR count). The fraction of sp³-hybridized carbons (Fsp3) is 0.471. The van der Waals surface area contributed by atoms with Crippen molar-refractivity contribution in [3.63, 3.8) is 0 Å². The lowest BCUT2D eigenvalue weighted by molar-refractivity contribution is 0.282. The van der Waals surface area contributed by atoms with Gasteiger partial charge in [0.05, 0.1) is 12.1 Å². The number of hydrogen-bond donors (Lipinski definition) is 4. The number of rotatable bonds is 6. The van der Waals surface area contributed by atoms with Gasteiger partial charge in [0.15, 0.2) is 0 Å². The molecule has 1 aliphatic heterocycles. The van der Waals surface area contributed by atoms with E-state index in [1.807, 2.05) is 30.3 Å². The number of pyridine rings is 1. The molecule has 0 bridgehead atoms. The third-order valence-electron chi connectivity index (χ3n) is 4.42.